The molecule has 0 aromatic carbocycles. The van der Waals surface area contributed by atoms with Crippen molar-refractivity contribution in [2.24, 2.45) is 5.92 Å². The summed E-state index contributed by atoms with van der Waals surface area (Å²) in [6.45, 7) is 10.5. The van der Waals surface area contributed by atoms with Crippen molar-refractivity contribution < 1.29 is 9.53 Å². The number of carbonyl (C=O) groups is 1. The van der Waals surface area contributed by atoms with E-state index in [0.29, 0.717) is 12.2 Å². The van der Waals surface area contributed by atoms with Gasteiger partial charge in [0.1, 0.15) is 0 Å². The molecule has 0 spiro atoms. The van der Waals surface area contributed by atoms with Crippen LogP contribution in [0.15, 0.2) is 12.2 Å². The Hall–Kier alpha value is -0.790. The first-order valence-electron chi connectivity index (χ1n) is 12.4. The zero-order valence-electron chi connectivity index (χ0n) is 19.5. The monoisotopic (exact) mass is 394 g/mol. The second kappa shape index (κ2) is 20.9. The summed E-state index contributed by atoms with van der Waals surface area (Å²) in [5.74, 6) is 0.688. The van der Waals surface area contributed by atoms with E-state index in [4.69, 9.17) is 4.74 Å². The molecule has 2 nitrogen and oxygen atoms in total. The van der Waals surface area contributed by atoms with Gasteiger partial charge in [0, 0.05) is 5.57 Å². The summed E-state index contributed by atoms with van der Waals surface area (Å²) in [5.41, 5.74) is 0.493. The van der Waals surface area contributed by atoms with Crippen LogP contribution >= 0.6 is 0 Å². The molecule has 28 heavy (non-hydrogen) atoms. The smallest absolute Gasteiger partial charge is 0.333 e. The Balaban J connectivity index is 3.10. The second-order valence-electron chi connectivity index (χ2n) is 8.90. The molecule has 0 saturated carbocycles. The maximum atomic E-state index is 11.2. The van der Waals surface area contributed by atoms with Gasteiger partial charge in [-0.05, 0) is 19.3 Å². The normalized spacial score (nSPS) is 12.1. The van der Waals surface area contributed by atoms with E-state index in [0.717, 1.165) is 12.3 Å². The molecule has 0 amide bonds. The van der Waals surface area contributed by atoms with E-state index >= 15 is 0 Å². The standard InChI is InChI=1S/C26H50O2/c1-5-21-25(4)22-19-17-15-13-11-9-7-6-8-10-12-14-16-18-20-23-28-26(27)24(2)3/h25H,2,5-23H2,1,3-4H3. The fourth-order valence-electron chi connectivity index (χ4n) is 3.82. The lowest BCUT2D eigenvalue weighted by Gasteiger charge is -2.09. The van der Waals surface area contributed by atoms with Crippen LogP contribution in [0.2, 0.25) is 0 Å². The minimum absolute atomic E-state index is 0.253. The Kier molecular flexibility index (Phi) is 20.3. The topological polar surface area (TPSA) is 26.3 Å². The molecular formula is C26H50O2. The minimum atomic E-state index is -0.253. The predicted octanol–water partition coefficient (Wildman–Crippen LogP) is 8.78. The average molecular weight is 395 g/mol. The van der Waals surface area contributed by atoms with Gasteiger partial charge in [-0.3, -0.25) is 0 Å². The first-order valence-corrected chi connectivity index (χ1v) is 12.4. The number of rotatable bonds is 21. The molecule has 0 aliphatic heterocycles. The van der Waals surface area contributed by atoms with E-state index in [2.05, 4.69) is 20.4 Å². The van der Waals surface area contributed by atoms with Gasteiger partial charge in [0.05, 0.1) is 6.61 Å². The van der Waals surface area contributed by atoms with Crippen molar-refractivity contribution >= 4 is 5.97 Å². The van der Waals surface area contributed by atoms with Crippen LogP contribution in [-0.2, 0) is 9.53 Å². The third kappa shape index (κ3) is 20.0. The molecule has 0 aliphatic carbocycles. The molecule has 0 fully saturated rings. The first-order chi connectivity index (χ1) is 13.6. The zero-order chi connectivity index (χ0) is 20.9. The Morgan fingerprint density at radius 2 is 1.11 bits per heavy atom. The molecule has 0 aliphatic rings. The molecule has 0 aromatic heterocycles. The predicted molar refractivity (Wildman–Crippen MR) is 124 cm³/mol. The van der Waals surface area contributed by atoms with Gasteiger partial charge in [-0.2, -0.15) is 0 Å². The summed E-state index contributed by atoms with van der Waals surface area (Å²) < 4.78 is 5.10. The van der Waals surface area contributed by atoms with Crippen molar-refractivity contribution in [3.8, 4) is 0 Å². The van der Waals surface area contributed by atoms with Crippen molar-refractivity contribution in [1.82, 2.24) is 0 Å². The Bertz CT molecular complexity index is 361. The van der Waals surface area contributed by atoms with E-state index < -0.39 is 0 Å². The van der Waals surface area contributed by atoms with Crippen LogP contribution in [-0.4, -0.2) is 12.6 Å². The summed E-state index contributed by atoms with van der Waals surface area (Å²) in [4.78, 5) is 11.2. The second-order valence-corrected chi connectivity index (χ2v) is 8.90. The average Bonchev–Trinajstić information content (AvgIpc) is 2.66. The zero-order valence-corrected chi connectivity index (χ0v) is 19.5. The fraction of sp³-hybridized carbons (Fsp3) is 0.885. The van der Waals surface area contributed by atoms with Crippen LogP contribution in [0.5, 0.6) is 0 Å². The van der Waals surface area contributed by atoms with Crippen LogP contribution in [0.3, 0.4) is 0 Å². The van der Waals surface area contributed by atoms with E-state index in [-0.39, 0.29) is 5.97 Å². The molecule has 0 rings (SSSR count). The Labute approximate surface area is 176 Å². The summed E-state index contributed by atoms with van der Waals surface area (Å²) in [5, 5.41) is 0. The number of unbranched alkanes of at least 4 members (excludes halogenated alkanes) is 14. The molecule has 0 saturated heterocycles. The molecule has 0 radical (unpaired) electrons. The first kappa shape index (κ1) is 27.2. The van der Waals surface area contributed by atoms with Crippen LogP contribution < -0.4 is 0 Å². The number of hydrogen-bond acceptors (Lipinski definition) is 2. The fourth-order valence-corrected chi connectivity index (χ4v) is 3.82. The molecule has 0 N–H and O–H groups in total. The van der Waals surface area contributed by atoms with E-state index in [9.17, 15) is 4.79 Å². The number of esters is 1. The summed E-state index contributed by atoms with van der Waals surface area (Å²) >= 11 is 0. The van der Waals surface area contributed by atoms with E-state index in [1.54, 1.807) is 6.92 Å². The van der Waals surface area contributed by atoms with Crippen molar-refractivity contribution in [1.29, 1.82) is 0 Å². The maximum Gasteiger partial charge on any atom is 0.333 e. The van der Waals surface area contributed by atoms with E-state index in [1.807, 2.05) is 0 Å². The van der Waals surface area contributed by atoms with Crippen LogP contribution in [0.25, 0.3) is 0 Å². The maximum absolute atomic E-state index is 11.2. The third-order valence-corrected chi connectivity index (χ3v) is 5.70. The number of carbonyl (C=O) groups excluding carboxylic acids is 1. The highest BCUT2D eigenvalue weighted by Gasteiger charge is 2.02. The van der Waals surface area contributed by atoms with Crippen LogP contribution in [0, 0.1) is 5.92 Å². The highest BCUT2D eigenvalue weighted by molar-refractivity contribution is 5.86. The van der Waals surface area contributed by atoms with Gasteiger partial charge in [0.25, 0.3) is 0 Å². The number of hydrogen-bond donors (Lipinski definition) is 0. The molecule has 1 atom stereocenters. The quantitative estimate of drug-likeness (QED) is 0.110. The van der Waals surface area contributed by atoms with Crippen molar-refractivity contribution in [2.75, 3.05) is 6.61 Å². The molecular weight excluding hydrogens is 344 g/mol. The lowest BCUT2D eigenvalue weighted by molar-refractivity contribution is -0.139. The van der Waals surface area contributed by atoms with Gasteiger partial charge in [0.2, 0.25) is 0 Å². The SMILES string of the molecule is C=C(C)C(=O)OCCCCCCCCCCCCCCCCCC(C)CCC. The highest BCUT2D eigenvalue weighted by Crippen LogP contribution is 2.17. The molecule has 0 heterocycles. The van der Waals surface area contributed by atoms with Gasteiger partial charge < -0.3 is 4.74 Å². The highest BCUT2D eigenvalue weighted by atomic mass is 16.5. The molecule has 0 aromatic rings. The summed E-state index contributed by atoms with van der Waals surface area (Å²) in [7, 11) is 0. The van der Waals surface area contributed by atoms with Gasteiger partial charge >= 0.3 is 5.97 Å². The van der Waals surface area contributed by atoms with Gasteiger partial charge in [0.15, 0.2) is 0 Å². The summed E-state index contributed by atoms with van der Waals surface area (Å²) in [6, 6.07) is 0. The Morgan fingerprint density at radius 3 is 1.50 bits per heavy atom. The van der Waals surface area contributed by atoms with Crippen LogP contribution in [0.1, 0.15) is 136 Å². The third-order valence-electron chi connectivity index (χ3n) is 5.70. The summed E-state index contributed by atoms with van der Waals surface area (Å²) in [6.07, 6.45) is 24.6. The van der Waals surface area contributed by atoms with Gasteiger partial charge in [-0.1, -0.05) is 130 Å². The molecule has 166 valence electrons. The van der Waals surface area contributed by atoms with Crippen molar-refractivity contribution in [3.63, 3.8) is 0 Å². The molecule has 1 unspecified atom stereocenters. The van der Waals surface area contributed by atoms with Crippen LogP contribution in [0.4, 0.5) is 0 Å². The lowest BCUT2D eigenvalue weighted by atomic mass is 9.98. The minimum Gasteiger partial charge on any atom is -0.462 e. The lowest BCUT2D eigenvalue weighted by Crippen LogP contribution is -2.05. The molecule has 0 bridgehead atoms. The van der Waals surface area contributed by atoms with Crippen molar-refractivity contribution in [3.05, 3.63) is 12.2 Å². The van der Waals surface area contributed by atoms with Crippen molar-refractivity contribution in [2.45, 2.75) is 136 Å². The largest absolute Gasteiger partial charge is 0.462 e. The van der Waals surface area contributed by atoms with E-state index in [1.165, 1.54) is 109 Å². The molecule has 2 heteroatoms. The van der Waals surface area contributed by atoms with Gasteiger partial charge in [-0.25, -0.2) is 4.79 Å². The number of ether oxygens (including phenoxy) is 1. The Morgan fingerprint density at radius 1 is 0.714 bits per heavy atom. The van der Waals surface area contributed by atoms with Gasteiger partial charge in [-0.15, -0.1) is 0 Å².